The molecule has 0 bridgehead atoms. The Labute approximate surface area is 136 Å². The molecule has 1 saturated heterocycles. The lowest BCUT2D eigenvalue weighted by Gasteiger charge is -2.31. The Bertz CT molecular complexity index is 719. The normalized spacial score (nSPS) is 15.8. The third-order valence-corrected chi connectivity index (χ3v) is 4.53. The minimum Gasteiger partial charge on any atom is -0.450 e. The van der Waals surface area contributed by atoms with Crippen LogP contribution in [0.2, 0.25) is 0 Å². The quantitative estimate of drug-likeness (QED) is 0.677. The summed E-state index contributed by atoms with van der Waals surface area (Å²) in [6.07, 6.45) is 2.72. The van der Waals surface area contributed by atoms with Gasteiger partial charge in [0.25, 0.3) is 4.96 Å². The van der Waals surface area contributed by atoms with E-state index in [0.717, 1.165) is 0 Å². The molecule has 9 nitrogen and oxygen atoms in total. The monoisotopic (exact) mass is 339 g/mol. The Balaban J connectivity index is 1.67. The Kier molecular flexibility index (Phi) is 4.33. The number of hydrogen-bond acceptors (Lipinski definition) is 7. The van der Waals surface area contributed by atoms with Gasteiger partial charge in [-0.2, -0.15) is 9.38 Å². The van der Waals surface area contributed by atoms with Crippen molar-refractivity contribution < 1.29 is 14.5 Å². The summed E-state index contributed by atoms with van der Waals surface area (Å²) in [5.74, 6) is 0.241. The van der Waals surface area contributed by atoms with E-state index in [2.05, 4.69) is 10.3 Å². The van der Waals surface area contributed by atoms with Gasteiger partial charge in [0.15, 0.2) is 0 Å². The Morgan fingerprint density at radius 2 is 2.30 bits per heavy atom. The van der Waals surface area contributed by atoms with Gasteiger partial charge in [0.1, 0.15) is 6.20 Å². The van der Waals surface area contributed by atoms with Crippen molar-refractivity contribution in [3.05, 3.63) is 21.7 Å². The lowest BCUT2D eigenvalue weighted by atomic mass is 10.1. The van der Waals surface area contributed by atoms with E-state index in [-0.39, 0.29) is 23.8 Å². The van der Waals surface area contributed by atoms with Crippen molar-refractivity contribution in [3.63, 3.8) is 0 Å². The lowest BCUT2D eigenvalue weighted by Crippen LogP contribution is -2.42. The fourth-order valence-electron chi connectivity index (χ4n) is 2.66. The minimum absolute atomic E-state index is 0.0454. The number of amides is 1. The van der Waals surface area contributed by atoms with Gasteiger partial charge < -0.3 is 25.1 Å². The molecule has 0 radical (unpaired) electrons. The zero-order chi connectivity index (χ0) is 16.4. The molecule has 1 N–H and O–H groups in total. The SMILES string of the molecule is CCOC(=O)N1CCC(Nc2nc3sccn3c2[N+](=O)[O-])CC1. The van der Waals surface area contributed by atoms with Crippen molar-refractivity contribution in [2.24, 2.45) is 0 Å². The fourth-order valence-corrected chi connectivity index (χ4v) is 3.37. The van der Waals surface area contributed by atoms with Crippen LogP contribution in [0.5, 0.6) is 0 Å². The second kappa shape index (κ2) is 6.41. The predicted molar refractivity (Wildman–Crippen MR) is 85.0 cm³/mol. The van der Waals surface area contributed by atoms with Crippen molar-refractivity contribution >= 4 is 34.0 Å². The summed E-state index contributed by atoms with van der Waals surface area (Å²) in [5, 5.41) is 16.2. The molecule has 1 amide bonds. The van der Waals surface area contributed by atoms with Crippen molar-refractivity contribution in [2.45, 2.75) is 25.8 Å². The third-order valence-electron chi connectivity index (χ3n) is 3.77. The molecule has 0 aromatic carbocycles. The summed E-state index contributed by atoms with van der Waals surface area (Å²) in [5.41, 5.74) is 0. The van der Waals surface area contributed by atoms with Gasteiger partial charge >= 0.3 is 11.9 Å². The molecule has 10 heteroatoms. The summed E-state index contributed by atoms with van der Waals surface area (Å²) < 4.78 is 6.45. The van der Waals surface area contributed by atoms with Crippen LogP contribution in [0, 0.1) is 10.1 Å². The first-order valence-corrected chi connectivity index (χ1v) is 8.26. The number of likely N-dealkylation sites (tertiary alicyclic amines) is 1. The Hall–Kier alpha value is -2.36. The molecule has 0 unspecified atom stereocenters. The van der Waals surface area contributed by atoms with Gasteiger partial charge in [0.2, 0.25) is 5.82 Å². The Morgan fingerprint density at radius 1 is 1.57 bits per heavy atom. The van der Waals surface area contributed by atoms with Gasteiger partial charge in [-0.3, -0.25) is 0 Å². The molecule has 3 heterocycles. The van der Waals surface area contributed by atoms with E-state index in [9.17, 15) is 14.9 Å². The maximum Gasteiger partial charge on any atom is 0.409 e. The average molecular weight is 339 g/mol. The fraction of sp³-hybridized carbons (Fsp3) is 0.538. The number of carbonyl (C=O) groups is 1. The van der Waals surface area contributed by atoms with Gasteiger partial charge in [-0.1, -0.05) is 11.3 Å². The van der Waals surface area contributed by atoms with Crippen LogP contribution in [0.4, 0.5) is 16.4 Å². The number of imidazole rings is 1. The molecule has 23 heavy (non-hydrogen) atoms. The molecule has 1 aliphatic rings. The highest BCUT2D eigenvalue weighted by molar-refractivity contribution is 7.15. The zero-order valence-corrected chi connectivity index (χ0v) is 13.4. The molecule has 1 aliphatic heterocycles. The summed E-state index contributed by atoms with van der Waals surface area (Å²) in [6.45, 7) is 3.25. The standard InChI is InChI=1S/C13H17N5O4S/c1-2-22-13(19)16-5-3-9(4-6-16)14-10-11(18(20)21)17-7-8-23-12(17)15-10/h7-9,14H,2-6H2,1H3. The third kappa shape index (κ3) is 3.07. The molecule has 1 fully saturated rings. The van der Waals surface area contributed by atoms with Crippen LogP contribution in [0.1, 0.15) is 19.8 Å². The van der Waals surface area contributed by atoms with Gasteiger partial charge in [0.05, 0.1) is 6.61 Å². The van der Waals surface area contributed by atoms with Crippen molar-refractivity contribution in [2.75, 3.05) is 25.0 Å². The van der Waals surface area contributed by atoms with Gasteiger partial charge in [-0.25, -0.2) is 4.79 Å². The topological polar surface area (TPSA) is 102 Å². The van der Waals surface area contributed by atoms with E-state index in [1.54, 1.807) is 23.4 Å². The van der Waals surface area contributed by atoms with Crippen LogP contribution >= 0.6 is 11.3 Å². The van der Waals surface area contributed by atoms with Crippen molar-refractivity contribution in [3.8, 4) is 0 Å². The van der Waals surface area contributed by atoms with E-state index in [0.29, 0.717) is 37.5 Å². The van der Waals surface area contributed by atoms with Crippen LogP contribution in [0.25, 0.3) is 4.96 Å². The lowest BCUT2D eigenvalue weighted by molar-refractivity contribution is -0.389. The number of hydrogen-bond donors (Lipinski definition) is 1. The highest BCUT2D eigenvalue weighted by Crippen LogP contribution is 2.29. The smallest absolute Gasteiger partial charge is 0.409 e. The molecule has 3 rings (SSSR count). The molecular weight excluding hydrogens is 322 g/mol. The summed E-state index contributed by atoms with van der Waals surface area (Å²) in [7, 11) is 0. The number of carbonyl (C=O) groups excluding carboxylic acids is 1. The number of thiazole rings is 1. The average Bonchev–Trinajstić information content (AvgIpc) is 3.08. The second-order valence-electron chi connectivity index (χ2n) is 5.20. The second-order valence-corrected chi connectivity index (χ2v) is 6.07. The van der Waals surface area contributed by atoms with Crippen molar-refractivity contribution in [1.82, 2.24) is 14.3 Å². The Morgan fingerprint density at radius 3 is 2.96 bits per heavy atom. The van der Waals surface area contributed by atoms with Gasteiger partial charge in [-0.05, 0) is 24.7 Å². The van der Waals surface area contributed by atoms with Crippen LogP contribution in [-0.2, 0) is 4.74 Å². The molecule has 2 aromatic rings. The van der Waals surface area contributed by atoms with E-state index >= 15 is 0 Å². The number of ether oxygens (including phenoxy) is 1. The van der Waals surface area contributed by atoms with Gasteiger partial charge in [0, 0.05) is 24.5 Å². The number of rotatable bonds is 4. The summed E-state index contributed by atoms with van der Waals surface area (Å²) in [6, 6.07) is 0.0454. The number of anilines is 1. The minimum atomic E-state index is -0.428. The maximum atomic E-state index is 11.7. The molecule has 124 valence electrons. The van der Waals surface area contributed by atoms with E-state index < -0.39 is 4.92 Å². The molecular formula is C13H17N5O4S. The van der Waals surface area contributed by atoms with Crippen LogP contribution < -0.4 is 5.32 Å². The van der Waals surface area contributed by atoms with Crippen LogP contribution in [0.3, 0.4) is 0 Å². The van der Waals surface area contributed by atoms with E-state index in [4.69, 9.17) is 4.74 Å². The van der Waals surface area contributed by atoms with Crippen LogP contribution in [0.15, 0.2) is 11.6 Å². The number of nitrogens with one attached hydrogen (secondary N) is 1. The first-order chi connectivity index (χ1) is 11.1. The molecule has 0 saturated carbocycles. The maximum absolute atomic E-state index is 11.7. The van der Waals surface area contributed by atoms with Crippen LogP contribution in [-0.4, -0.2) is 51.0 Å². The van der Waals surface area contributed by atoms with Crippen molar-refractivity contribution in [1.29, 1.82) is 0 Å². The van der Waals surface area contributed by atoms with E-state index in [1.165, 1.54) is 15.7 Å². The zero-order valence-electron chi connectivity index (χ0n) is 12.6. The highest BCUT2D eigenvalue weighted by Gasteiger charge is 2.28. The first kappa shape index (κ1) is 15.5. The number of piperidine rings is 1. The number of fused-ring (bicyclic) bond motifs is 1. The number of nitro groups is 1. The number of nitrogens with zero attached hydrogens (tertiary/aromatic N) is 4. The first-order valence-electron chi connectivity index (χ1n) is 7.38. The summed E-state index contributed by atoms with van der Waals surface area (Å²) >= 11 is 1.35. The molecule has 0 aliphatic carbocycles. The summed E-state index contributed by atoms with van der Waals surface area (Å²) in [4.78, 5) is 29.1. The molecule has 0 atom stereocenters. The van der Waals surface area contributed by atoms with Gasteiger partial charge in [-0.15, -0.1) is 0 Å². The number of aromatic nitrogens is 2. The van der Waals surface area contributed by atoms with E-state index in [1.807, 2.05) is 0 Å². The largest absolute Gasteiger partial charge is 0.450 e. The molecule has 2 aromatic heterocycles. The highest BCUT2D eigenvalue weighted by atomic mass is 32.1. The molecule has 0 spiro atoms. The predicted octanol–water partition coefficient (Wildman–Crippen LogP) is 2.34.